The van der Waals surface area contributed by atoms with Crippen LogP contribution in [-0.4, -0.2) is 59.0 Å². The SMILES string of the molecule is COCCN(C)c1cc(S(=O)(=O)NCCO)c(F)cn1. The van der Waals surface area contributed by atoms with E-state index in [2.05, 4.69) is 9.71 Å². The van der Waals surface area contributed by atoms with Crippen molar-refractivity contribution in [3.05, 3.63) is 18.1 Å². The second-order valence-corrected chi connectivity index (χ2v) is 5.74. The number of nitrogens with one attached hydrogen (secondary N) is 1. The summed E-state index contributed by atoms with van der Waals surface area (Å²) in [5.74, 6) is -0.632. The van der Waals surface area contributed by atoms with E-state index >= 15 is 0 Å². The van der Waals surface area contributed by atoms with E-state index in [1.165, 1.54) is 0 Å². The van der Waals surface area contributed by atoms with Crippen LogP contribution in [0.2, 0.25) is 0 Å². The molecule has 0 aliphatic heterocycles. The minimum atomic E-state index is -4.01. The number of anilines is 1. The normalized spacial score (nSPS) is 11.6. The second kappa shape index (κ2) is 7.48. The quantitative estimate of drug-likeness (QED) is 0.677. The average molecular weight is 307 g/mol. The van der Waals surface area contributed by atoms with Gasteiger partial charge in [0.1, 0.15) is 10.7 Å². The number of ether oxygens (including phenoxy) is 1. The molecule has 1 aromatic heterocycles. The minimum absolute atomic E-state index is 0.182. The van der Waals surface area contributed by atoms with Gasteiger partial charge in [0.25, 0.3) is 0 Å². The number of nitrogens with zero attached hydrogens (tertiary/aromatic N) is 2. The molecule has 0 atom stereocenters. The van der Waals surface area contributed by atoms with Crippen LogP contribution in [0.4, 0.5) is 10.2 Å². The molecule has 0 aliphatic rings. The van der Waals surface area contributed by atoms with Crippen molar-refractivity contribution in [2.45, 2.75) is 4.90 Å². The molecule has 1 heterocycles. The van der Waals surface area contributed by atoms with Crippen molar-refractivity contribution in [1.82, 2.24) is 9.71 Å². The molecule has 0 unspecified atom stereocenters. The number of likely N-dealkylation sites (N-methyl/N-ethyl adjacent to an activating group) is 1. The first-order chi connectivity index (χ1) is 9.42. The zero-order valence-corrected chi connectivity index (χ0v) is 12.2. The molecule has 0 amide bonds. The highest BCUT2D eigenvalue weighted by Gasteiger charge is 2.20. The Balaban J connectivity index is 3.02. The average Bonchev–Trinajstić information content (AvgIpc) is 2.42. The Labute approximate surface area is 117 Å². The number of rotatable bonds is 8. The lowest BCUT2D eigenvalue weighted by atomic mass is 10.4. The molecule has 0 radical (unpaired) electrons. The number of aliphatic hydroxyl groups excluding tert-OH is 1. The summed E-state index contributed by atoms with van der Waals surface area (Å²) in [6.45, 7) is 0.366. The van der Waals surface area contributed by atoms with Crippen LogP contribution in [0.3, 0.4) is 0 Å². The molecular weight excluding hydrogens is 289 g/mol. The molecule has 0 aromatic carbocycles. The van der Waals surface area contributed by atoms with Gasteiger partial charge in [-0.25, -0.2) is 22.5 Å². The van der Waals surface area contributed by atoms with E-state index in [0.717, 1.165) is 12.3 Å². The summed E-state index contributed by atoms with van der Waals surface area (Å²) >= 11 is 0. The third kappa shape index (κ3) is 4.37. The molecule has 0 saturated heterocycles. The molecule has 2 N–H and O–H groups in total. The second-order valence-electron chi connectivity index (χ2n) is 4.01. The van der Waals surface area contributed by atoms with Crippen LogP contribution < -0.4 is 9.62 Å². The van der Waals surface area contributed by atoms with Gasteiger partial charge in [-0.2, -0.15) is 0 Å². The van der Waals surface area contributed by atoms with Gasteiger partial charge < -0.3 is 14.7 Å². The largest absolute Gasteiger partial charge is 0.395 e. The Morgan fingerprint density at radius 2 is 2.25 bits per heavy atom. The van der Waals surface area contributed by atoms with Crippen LogP contribution in [0.5, 0.6) is 0 Å². The number of pyridine rings is 1. The predicted molar refractivity (Wildman–Crippen MR) is 71.6 cm³/mol. The van der Waals surface area contributed by atoms with E-state index in [1.807, 2.05) is 0 Å². The van der Waals surface area contributed by atoms with E-state index in [4.69, 9.17) is 9.84 Å². The van der Waals surface area contributed by atoms with E-state index in [9.17, 15) is 12.8 Å². The van der Waals surface area contributed by atoms with Crippen molar-refractivity contribution in [1.29, 1.82) is 0 Å². The number of methoxy groups -OCH3 is 1. The van der Waals surface area contributed by atoms with E-state index in [0.29, 0.717) is 19.0 Å². The standard InChI is InChI=1S/C11H18FN3O4S/c1-15(4-6-19-2)11-7-10(9(12)8-13-11)20(17,18)14-3-5-16/h7-8,14,16H,3-6H2,1-2H3. The summed E-state index contributed by atoms with van der Waals surface area (Å²) in [5.41, 5.74) is 0. The van der Waals surface area contributed by atoms with Crippen LogP contribution in [0.25, 0.3) is 0 Å². The predicted octanol–water partition coefficient (Wildman–Crippen LogP) is -0.426. The van der Waals surface area contributed by atoms with Gasteiger partial charge >= 0.3 is 0 Å². The molecule has 0 aliphatic carbocycles. The van der Waals surface area contributed by atoms with Crippen molar-refractivity contribution in [2.75, 3.05) is 45.4 Å². The van der Waals surface area contributed by atoms with Gasteiger partial charge in [0.05, 0.1) is 19.4 Å². The maximum atomic E-state index is 13.6. The Hall–Kier alpha value is -1.29. The Kier molecular flexibility index (Phi) is 6.27. The van der Waals surface area contributed by atoms with Crippen molar-refractivity contribution in [3.8, 4) is 0 Å². The zero-order valence-electron chi connectivity index (χ0n) is 11.3. The highest BCUT2D eigenvalue weighted by Crippen LogP contribution is 2.19. The van der Waals surface area contributed by atoms with E-state index in [-0.39, 0.29) is 13.2 Å². The van der Waals surface area contributed by atoms with Gasteiger partial charge in [-0.15, -0.1) is 0 Å². The molecular formula is C11H18FN3O4S. The fourth-order valence-corrected chi connectivity index (χ4v) is 2.51. The molecule has 1 rings (SSSR count). The summed E-state index contributed by atoms with van der Waals surface area (Å²) in [5, 5.41) is 8.63. The maximum absolute atomic E-state index is 13.6. The molecule has 0 fully saturated rings. The first-order valence-corrected chi connectivity index (χ1v) is 7.37. The Bertz CT molecular complexity index is 538. The van der Waals surface area contributed by atoms with Crippen LogP contribution in [-0.2, 0) is 14.8 Å². The zero-order chi connectivity index (χ0) is 15.2. The molecule has 1 aromatic rings. The summed E-state index contributed by atoms with van der Waals surface area (Å²) in [6, 6.07) is 1.14. The van der Waals surface area contributed by atoms with Crippen molar-refractivity contribution in [2.24, 2.45) is 0 Å². The molecule has 9 heteroatoms. The van der Waals surface area contributed by atoms with Crippen LogP contribution in [0.1, 0.15) is 0 Å². The third-order valence-electron chi connectivity index (χ3n) is 2.52. The van der Waals surface area contributed by atoms with Crippen molar-refractivity contribution >= 4 is 15.8 Å². The molecule has 0 bridgehead atoms. The van der Waals surface area contributed by atoms with Gasteiger partial charge in [0, 0.05) is 33.3 Å². The van der Waals surface area contributed by atoms with Gasteiger partial charge in [-0.1, -0.05) is 0 Å². The summed E-state index contributed by atoms with van der Waals surface area (Å²) in [6.07, 6.45) is 0.853. The Morgan fingerprint density at radius 1 is 1.55 bits per heavy atom. The van der Waals surface area contributed by atoms with Gasteiger partial charge in [-0.05, 0) is 0 Å². The topological polar surface area (TPSA) is 91.8 Å². The lowest BCUT2D eigenvalue weighted by Gasteiger charge is -2.18. The Morgan fingerprint density at radius 3 is 2.85 bits per heavy atom. The highest BCUT2D eigenvalue weighted by atomic mass is 32.2. The first kappa shape index (κ1) is 16.8. The number of hydrogen-bond acceptors (Lipinski definition) is 6. The third-order valence-corrected chi connectivity index (χ3v) is 4.00. The lowest BCUT2D eigenvalue weighted by molar-refractivity contribution is 0.206. The fourth-order valence-electron chi connectivity index (χ4n) is 1.43. The monoisotopic (exact) mass is 307 g/mol. The van der Waals surface area contributed by atoms with E-state index < -0.39 is 20.7 Å². The molecule has 20 heavy (non-hydrogen) atoms. The van der Waals surface area contributed by atoms with Gasteiger partial charge in [0.2, 0.25) is 10.0 Å². The van der Waals surface area contributed by atoms with Crippen LogP contribution in [0.15, 0.2) is 17.2 Å². The van der Waals surface area contributed by atoms with Gasteiger partial charge in [0.15, 0.2) is 5.82 Å². The molecule has 0 saturated carbocycles. The minimum Gasteiger partial charge on any atom is -0.395 e. The number of aromatic nitrogens is 1. The maximum Gasteiger partial charge on any atom is 0.243 e. The molecule has 114 valence electrons. The number of sulfonamides is 1. The first-order valence-electron chi connectivity index (χ1n) is 5.88. The highest BCUT2D eigenvalue weighted by molar-refractivity contribution is 7.89. The van der Waals surface area contributed by atoms with E-state index in [1.54, 1.807) is 19.1 Å². The summed E-state index contributed by atoms with van der Waals surface area (Å²) in [4.78, 5) is 4.99. The number of halogens is 1. The van der Waals surface area contributed by atoms with Crippen LogP contribution in [0, 0.1) is 5.82 Å². The number of aliphatic hydroxyl groups is 1. The smallest absolute Gasteiger partial charge is 0.243 e. The van der Waals surface area contributed by atoms with Crippen LogP contribution >= 0.6 is 0 Å². The molecule has 7 nitrogen and oxygen atoms in total. The fraction of sp³-hybridized carbons (Fsp3) is 0.545. The van der Waals surface area contributed by atoms with Crippen molar-refractivity contribution < 1.29 is 22.7 Å². The summed E-state index contributed by atoms with van der Waals surface area (Å²) < 4.78 is 44.3. The van der Waals surface area contributed by atoms with Gasteiger partial charge in [-0.3, -0.25) is 0 Å². The lowest BCUT2D eigenvalue weighted by Crippen LogP contribution is -2.28. The molecule has 0 spiro atoms. The number of hydrogen-bond donors (Lipinski definition) is 2. The summed E-state index contributed by atoms with van der Waals surface area (Å²) in [7, 11) is -0.779. The van der Waals surface area contributed by atoms with Crippen molar-refractivity contribution in [3.63, 3.8) is 0 Å².